The van der Waals surface area contributed by atoms with Gasteiger partial charge < -0.3 is 5.11 Å². The van der Waals surface area contributed by atoms with Gasteiger partial charge in [-0.25, -0.2) is 8.42 Å². The van der Waals surface area contributed by atoms with Crippen LogP contribution in [-0.4, -0.2) is 30.0 Å². The van der Waals surface area contributed by atoms with Crippen LogP contribution >= 0.6 is 0 Å². The van der Waals surface area contributed by atoms with Crippen LogP contribution in [0.1, 0.15) is 26.2 Å². The Kier molecular flexibility index (Phi) is 2.41. The van der Waals surface area contributed by atoms with Crippen molar-refractivity contribution in [1.29, 1.82) is 0 Å². The molecule has 0 saturated heterocycles. The van der Waals surface area contributed by atoms with Crippen molar-refractivity contribution in [3.05, 3.63) is 0 Å². The molecule has 12 heavy (non-hydrogen) atoms. The maximum atomic E-state index is 11.4. The highest BCUT2D eigenvalue weighted by atomic mass is 32.2. The van der Waals surface area contributed by atoms with Gasteiger partial charge >= 0.3 is 5.97 Å². The molecule has 0 aromatic heterocycles. The summed E-state index contributed by atoms with van der Waals surface area (Å²) in [6.45, 7) is 1.23. The molecule has 5 heteroatoms. The molecule has 0 spiro atoms. The SMILES string of the molecule is CC(C(=O)O)S(=O)(=O)C1CCC1. The Morgan fingerprint density at radius 1 is 1.50 bits per heavy atom. The Bertz CT molecular complexity index is 276. The lowest BCUT2D eigenvalue weighted by Gasteiger charge is -2.26. The number of carboxylic acids is 1. The lowest BCUT2D eigenvalue weighted by atomic mass is 10.00. The molecular weight excluding hydrogens is 180 g/mol. The summed E-state index contributed by atoms with van der Waals surface area (Å²) in [6, 6.07) is 0. The van der Waals surface area contributed by atoms with Crippen molar-refractivity contribution in [2.45, 2.75) is 36.7 Å². The van der Waals surface area contributed by atoms with E-state index in [0.29, 0.717) is 12.8 Å². The summed E-state index contributed by atoms with van der Waals surface area (Å²) in [5, 5.41) is 6.86. The van der Waals surface area contributed by atoms with E-state index in [-0.39, 0.29) is 0 Å². The van der Waals surface area contributed by atoms with Crippen LogP contribution in [-0.2, 0) is 14.6 Å². The number of carboxylic acid groups (broad SMARTS) is 1. The van der Waals surface area contributed by atoms with Crippen molar-refractivity contribution in [3.63, 3.8) is 0 Å². The first-order chi connectivity index (χ1) is 5.46. The normalized spacial score (nSPS) is 21.4. The van der Waals surface area contributed by atoms with Crippen LogP contribution in [0.4, 0.5) is 0 Å². The number of hydrogen-bond acceptors (Lipinski definition) is 3. The number of rotatable bonds is 3. The molecule has 1 saturated carbocycles. The molecule has 0 heterocycles. The molecular formula is C7H12O4S. The summed E-state index contributed by atoms with van der Waals surface area (Å²) in [4.78, 5) is 10.4. The molecule has 0 radical (unpaired) electrons. The highest BCUT2D eigenvalue weighted by Crippen LogP contribution is 2.28. The monoisotopic (exact) mass is 192 g/mol. The van der Waals surface area contributed by atoms with Gasteiger partial charge in [0.15, 0.2) is 15.1 Å². The third kappa shape index (κ3) is 1.46. The third-order valence-corrected chi connectivity index (χ3v) is 4.95. The molecule has 0 bridgehead atoms. The summed E-state index contributed by atoms with van der Waals surface area (Å²) in [5.41, 5.74) is 0. The number of carbonyl (C=O) groups is 1. The van der Waals surface area contributed by atoms with Crippen LogP contribution in [0, 0.1) is 0 Å². The summed E-state index contributed by atoms with van der Waals surface area (Å²) >= 11 is 0. The molecule has 0 aromatic carbocycles. The van der Waals surface area contributed by atoms with E-state index in [4.69, 9.17) is 5.11 Å². The van der Waals surface area contributed by atoms with Gasteiger partial charge in [0.05, 0.1) is 5.25 Å². The van der Waals surface area contributed by atoms with Crippen LogP contribution in [0.25, 0.3) is 0 Å². The summed E-state index contributed by atoms with van der Waals surface area (Å²) < 4.78 is 22.7. The Morgan fingerprint density at radius 2 is 2.00 bits per heavy atom. The Hall–Kier alpha value is -0.580. The fourth-order valence-corrected chi connectivity index (χ4v) is 2.98. The summed E-state index contributed by atoms with van der Waals surface area (Å²) in [7, 11) is -3.40. The van der Waals surface area contributed by atoms with Crippen LogP contribution in [0.15, 0.2) is 0 Å². The maximum Gasteiger partial charge on any atom is 0.321 e. The zero-order chi connectivity index (χ0) is 9.35. The minimum absolute atomic E-state index is 0.399. The van der Waals surface area contributed by atoms with Crippen molar-refractivity contribution in [1.82, 2.24) is 0 Å². The van der Waals surface area contributed by atoms with Crippen LogP contribution in [0.3, 0.4) is 0 Å². The maximum absolute atomic E-state index is 11.4. The van der Waals surface area contributed by atoms with Gasteiger partial charge in [-0.15, -0.1) is 0 Å². The zero-order valence-corrected chi connectivity index (χ0v) is 7.67. The second kappa shape index (κ2) is 3.05. The van der Waals surface area contributed by atoms with Crippen LogP contribution in [0.2, 0.25) is 0 Å². The molecule has 1 aliphatic carbocycles. The Labute approximate surface area is 71.5 Å². The summed E-state index contributed by atoms with van der Waals surface area (Å²) in [6.07, 6.45) is 2.15. The molecule has 0 amide bonds. The van der Waals surface area contributed by atoms with E-state index in [1.54, 1.807) is 0 Å². The fourth-order valence-electron chi connectivity index (χ4n) is 1.13. The van der Waals surface area contributed by atoms with E-state index in [1.807, 2.05) is 0 Å². The van der Waals surface area contributed by atoms with Crippen LogP contribution < -0.4 is 0 Å². The van der Waals surface area contributed by atoms with E-state index in [2.05, 4.69) is 0 Å². The van der Waals surface area contributed by atoms with Crippen molar-refractivity contribution < 1.29 is 18.3 Å². The Balaban J connectivity index is 2.77. The second-order valence-electron chi connectivity index (χ2n) is 3.12. The average Bonchev–Trinajstić information content (AvgIpc) is 1.80. The zero-order valence-electron chi connectivity index (χ0n) is 6.86. The average molecular weight is 192 g/mol. The Morgan fingerprint density at radius 3 is 2.25 bits per heavy atom. The fraction of sp³-hybridized carbons (Fsp3) is 0.857. The van der Waals surface area contributed by atoms with E-state index in [1.165, 1.54) is 6.92 Å². The van der Waals surface area contributed by atoms with Crippen molar-refractivity contribution in [2.24, 2.45) is 0 Å². The van der Waals surface area contributed by atoms with Gasteiger partial charge in [-0.1, -0.05) is 6.42 Å². The first-order valence-corrected chi connectivity index (χ1v) is 5.52. The van der Waals surface area contributed by atoms with Crippen molar-refractivity contribution in [2.75, 3.05) is 0 Å². The van der Waals surface area contributed by atoms with E-state index < -0.39 is 26.3 Å². The molecule has 1 rings (SSSR count). The molecule has 0 aromatic rings. The van der Waals surface area contributed by atoms with E-state index in [9.17, 15) is 13.2 Å². The number of aliphatic carboxylic acids is 1. The van der Waals surface area contributed by atoms with Gasteiger partial charge in [-0.3, -0.25) is 4.79 Å². The van der Waals surface area contributed by atoms with Gasteiger partial charge in [0.1, 0.15) is 0 Å². The van der Waals surface area contributed by atoms with E-state index >= 15 is 0 Å². The number of hydrogen-bond donors (Lipinski definition) is 1. The minimum Gasteiger partial charge on any atom is -0.480 e. The van der Waals surface area contributed by atoms with Gasteiger partial charge in [0, 0.05) is 0 Å². The van der Waals surface area contributed by atoms with Crippen molar-refractivity contribution in [3.8, 4) is 0 Å². The quantitative estimate of drug-likeness (QED) is 0.703. The van der Waals surface area contributed by atoms with Gasteiger partial charge in [-0.05, 0) is 19.8 Å². The highest BCUT2D eigenvalue weighted by molar-refractivity contribution is 7.93. The second-order valence-corrected chi connectivity index (χ2v) is 5.67. The molecule has 1 unspecified atom stereocenters. The predicted molar refractivity (Wildman–Crippen MR) is 43.7 cm³/mol. The van der Waals surface area contributed by atoms with Crippen LogP contribution in [0.5, 0.6) is 0 Å². The number of sulfone groups is 1. The minimum atomic E-state index is -3.40. The third-order valence-electron chi connectivity index (χ3n) is 2.36. The first-order valence-electron chi connectivity index (χ1n) is 3.91. The first kappa shape index (κ1) is 9.51. The van der Waals surface area contributed by atoms with Gasteiger partial charge in [-0.2, -0.15) is 0 Å². The van der Waals surface area contributed by atoms with Gasteiger partial charge in [0.2, 0.25) is 0 Å². The molecule has 4 nitrogen and oxygen atoms in total. The van der Waals surface area contributed by atoms with E-state index in [0.717, 1.165) is 6.42 Å². The van der Waals surface area contributed by atoms with Crippen molar-refractivity contribution >= 4 is 15.8 Å². The molecule has 1 atom stereocenters. The molecule has 1 N–H and O–H groups in total. The predicted octanol–water partition coefficient (Wildman–Crippen LogP) is 0.427. The van der Waals surface area contributed by atoms with Gasteiger partial charge in [0.25, 0.3) is 0 Å². The molecule has 0 aliphatic heterocycles. The standard InChI is InChI=1S/C7H12O4S/c1-5(7(8)9)12(10,11)6-3-2-4-6/h5-6H,2-4H2,1H3,(H,8,9). The lowest BCUT2D eigenvalue weighted by Crippen LogP contribution is -2.39. The lowest BCUT2D eigenvalue weighted by molar-refractivity contribution is -0.136. The smallest absolute Gasteiger partial charge is 0.321 e. The molecule has 1 fully saturated rings. The largest absolute Gasteiger partial charge is 0.480 e. The summed E-state index contributed by atoms with van der Waals surface area (Å²) in [5.74, 6) is -1.25. The molecule has 1 aliphatic rings. The molecule has 70 valence electrons. The topological polar surface area (TPSA) is 71.4 Å². The highest BCUT2D eigenvalue weighted by Gasteiger charge is 2.38.